The molecule has 0 fully saturated rings. The third-order valence-corrected chi connectivity index (χ3v) is 21.3. The number of aromatic nitrogens is 12. The van der Waals surface area contributed by atoms with Crippen LogP contribution in [0.3, 0.4) is 0 Å². The van der Waals surface area contributed by atoms with Crippen molar-refractivity contribution in [1.82, 2.24) is 58.1 Å². The monoisotopic (exact) mass is 1430 g/mol. The van der Waals surface area contributed by atoms with Crippen molar-refractivity contribution in [3.63, 3.8) is 0 Å². The minimum absolute atomic E-state index is 0.632. The molecule has 0 N–H and O–H groups in total. The van der Waals surface area contributed by atoms with E-state index >= 15 is 0 Å². The average Bonchev–Trinajstić information content (AvgIpc) is 1.58. The molecule has 0 aliphatic rings. The number of hydrogen-bond donors (Lipinski definition) is 0. The van der Waals surface area contributed by atoms with Crippen molar-refractivity contribution in [2.45, 2.75) is 0 Å². The van der Waals surface area contributed by atoms with Gasteiger partial charge >= 0.3 is 0 Å². The van der Waals surface area contributed by atoms with Gasteiger partial charge in [0.05, 0.1) is 77.9 Å². The van der Waals surface area contributed by atoms with Crippen molar-refractivity contribution in [1.29, 1.82) is 0 Å². The molecule has 22 aromatic rings. The summed E-state index contributed by atoms with van der Waals surface area (Å²) in [5.74, 6) is 1.92. The van der Waals surface area contributed by atoms with E-state index in [1.165, 1.54) is 32.7 Å². The van der Waals surface area contributed by atoms with Crippen LogP contribution in [0.2, 0.25) is 0 Å². The predicted molar refractivity (Wildman–Crippen MR) is 456 cm³/mol. The molecule has 0 unspecified atom stereocenters. The van der Waals surface area contributed by atoms with Gasteiger partial charge in [0.15, 0.2) is 17.5 Å². The van der Waals surface area contributed by atoms with Gasteiger partial charge in [-0.1, -0.05) is 194 Å². The number of rotatable bonds is 12. The van der Waals surface area contributed by atoms with Gasteiger partial charge in [0.1, 0.15) is 0 Å². The molecule has 0 amide bonds. The molecular formula is C100H64N12. The van der Waals surface area contributed by atoms with Gasteiger partial charge in [0, 0.05) is 96.5 Å². The van der Waals surface area contributed by atoms with Gasteiger partial charge < -0.3 is 18.3 Å². The molecule has 10 aromatic heterocycles. The summed E-state index contributed by atoms with van der Waals surface area (Å²) in [6.45, 7) is 0. The fourth-order valence-electron chi connectivity index (χ4n) is 16.3. The number of nitrogens with zero attached hydrogens (tertiary/aromatic N) is 12. The maximum Gasteiger partial charge on any atom is 0.164 e. The van der Waals surface area contributed by atoms with Crippen LogP contribution in [0.15, 0.2) is 389 Å². The quantitative estimate of drug-likeness (QED) is 0.119. The van der Waals surface area contributed by atoms with Crippen molar-refractivity contribution in [3.8, 4) is 113 Å². The molecule has 12 heteroatoms. The molecule has 10 heterocycles. The Labute approximate surface area is 643 Å². The molecule has 0 saturated heterocycles. The third kappa shape index (κ3) is 11.3. The summed E-state index contributed by atoms with van der Waals surface area (Å²) < 4.78 is 9.36. The summed E-state index contributed by atoms with van der Waals surface area (Å²) in [7, 11) is 0. The minimum Gasteiger partial charge on any atom is -0.309 e. The van der Waals surface area contributed by atoms with Crippen LogP contribution in [-0.4, -0.2) is 58.1 Å². The molecular weight excluding hydrogens is 1370 g/mol. The lowest BCUT2D eigenvalue weighted by molar-refractivity contribution is 1.07. The van der Waals surface area contributed by atoms with Crippen LogP contribution in [0.4, 0.5) is 0 Å². The van der Waals surface area contributed by atoms with Gasteiger partial charge in [0.25, 0.3) is 0 Å². The summed E-state index contributed by atoms with van der Waals surface area (Å²) in [5.41, 5.74) is 28.2. The average molecular weight is 1430 g/mol. The first-order valence-electron chi connectivity index (χ1n) is 37.4. The topological polar surface area (TPSA) is 123 Å². The van der Waals surface area contributed by atoms with E-state index in [-0.39, 0.29) is 0 Å². The summed E-state index contributed by atoms with van der Waals surface area (Å²) in [6.07, 6.45) is 7.38. The highest BCUT2D eigenvalue weighted by molar-refractivity contribution is 6.19. The molecule has 0 saturated carbocycles. The SMILES string of the molecule is c1ccc(-c2nc(-c3ccccc3)nc(-c3ccc(-n4c5ccccc5c5c(-c6ccc7c(c6)c6ncccc6n7-c6ccccc6)cccc54)cc3)n2)cc1.c1ccc(-n2c3ccc(-c4cccc5c4c4ccccc4n5-c4cccc(-c5cc(-c6ccccn6)nc(-c6ccccn6)c5)c4)cc3c3ncccc32)cc1. The summed E-state index contributed by atoms with van der Waals surface area (Å²) in [4.78, 5) is 38.8. The zero-order chi connectivity index (χ0) is 74.0. The molecule has 0 atom stereocenters. The second-order valence-electron chi connectivity index (χ2n) is 27.8. The number of hydrogen-bond acceptors (Lipinski definition) is 8. The second kappa shape index (κ2) is 27.4. The van der Waals surface area contributed by atoms with Crippen molar-refractivity contribution >= 4 is 87.5 Å². The first kappa shape index (κ1) is 64.9. The standard InChI is InChI=1S/2C50H32N6/c1-4-14-33(15-5-1)48-52-49(34-16-6-2-7-17-34)54-50(53-48)35-25-28-38(29-26-35)55-42-22-11-10-20-40(42)46-39(21-12-23-44(46)55)36-27-30-43-41(32-36)47-45(24-13-31-51-47)56(43)37-18-8-3-9-19-37;1-2-14-36(15-3-1)55-46-25-24-34(30-40(46)50-48(55)23-12-28-53-50)38-18-11-22-47-49(38)39-17-4-5-21-45(39)56(47)37-16-10-13-33(29-37)35-31-43(41-19-6-8-26-51-41)54-44(32-35)42-20-7-9-27-52-42/h2*1-32H. The fraction of sp³-hybridized carbons (Fsp3) is 0. The van der Waals surface area contributed by atoms with Crippen LogP contribution >= 0.6 is 0 Å². The Morgan fingerprint density at radius 2 is 0.536 bits per heavy atom. The molecule has 524 valence electrons. The van der Waals surface area contributed by atoms with Crippen LogP contribution in [-0.2, 0) is 0 Å². The highest BCUT2D eigenvalue weighted by Crippen LogP contribution is 2.45. The van der Waals surface area contributed by atoms with Gasteiger partial charge in [-0.3, -0.25) is 19.9 Å². The highest BCUT2D eigenvalue weighted by Gasteiger charge is 2.23. The molecule has 12 nitrogen and oxygen atoms in total. The van der Waals surface area contributed by atoms with Gasteiger partial charge in [-0.2, -0.15) is 0 Å². The molecule has 0 bridgehead atoms. The fourth-order valence-corrected chi connectivity index (χ4v) is 16.3. The highest BCUT2D eigenvalue weighted by atomic mass is 15.0. The van der Waals surface area contributed by atoms with Crippen LogP contribution in [0.5, 0.6) is 0 Å². The van der Waals surface area contributed by atoms with Crippen LogP contribution in [0.1, 0.15) is 0 Å². The molecule has 0 aliphatic heterocycles. The third-order valence-electron chi connectivity index (χ3n) is 21.3. The molecule has 0 spiro atoms. The van der Waals surface area contributed by atoms with Crippen molar-refractivity contribution in [2.75, 3.05) is 0 Å². The lowest BCUT2D eigenvalue weighted by Crippen LogP contribution is -2.00. The largest absolute Gasteiger partial charge is 0.309 e. The van der Waals surface area contributed by atoms with Crippen LogP contribution in [0, 0.1) is 0 Å². The van der Waals surface area contributed by atoms with E-state index in [2.05, 4.69) is 283 Å². The number of para-hydroxylation sites is 4. The first-order chi connectivity index (χ1) is 55.6. The van der Waals surface area contributed by atoms with E-state index in [1.807, 2.05) is 122 Å². The number of pyridine rings is 5. The van der Waals surface area contributed by atoms with E-state index in [1.54, 1.807) is 12.4 Å². The van der Waals surface area contributed by atoms with Crippen molar-refractivity contribution in [2.24, 2.45) is 0 Å². The molecule has 22 rings (SSSR count). The van der Waals surface area contributed by atoms with Crippen molar-refractivity contribution < 1.29 is 0 Å². The number of fused-ring (bicyclic) bond motifs is 12. The summed E-state index contributed by atoms with van der Waals surface area (Å²) >= 11 is 0. The van der Waals surface area contributed by atoms with Crippen LogP contribution < -0.4 is 0 Å². The Hall–Kier alpha value is -15.4. The number of benzene rings is 12. The van der Waals surface area contributed by atoms with E-state index in [0.29, 0.717) is 17.5 Å². The normalized spacial score (nSPS) is 11.6. The molecule has 0 radical (unpaired) electrons. The van der Waals surface area contributed by atoms with E-state index < -0.39 is 0 Å². The van der Waals surface area contributed by atoms with Gasteiger partial charge in [-0.05, 0) is 203 Å². The van der Waals surface area contributed by atoms with Gasteiger partial charge in [-0.15, -0.1) is 0 Å². The first-order valence-corrected chi connectivity index (χ1v) is 37.4. The summed E-state index contributed by atoms with van der Waals surface area (Å²) in [6, 6.07) is 127. The van der Waals surface area contributed by atoms with E-state index in [9.17, 15) is 0 Å². The Kier molecular flexibility index (Phi) is 15.9. The lowest BCUT2D eigenvalue weighted by Gasteiger charge is -2.13. The Balaban J connectivity index is 0.000000141. The van der Waals surface area contributed by atoms with E-state index in [4.69, 9.17) is 29.9 Å². The minimum atomic E-state index is 0.632. The lowest BCUT2D eigenvalue weighted by atomic mass is 9.98. The molecule has 12 aromatic carbocycles. The van der Waals surface area contributed by atoms with Crippen LogP contribution in [0.25, 0.3) is 201 Å². The van der Waals surface area contributed by atoms with Gasteiger partial charge in [-0.25, -0.2) is 19.9 Å². The molecule has 112 heavy (non-hydrogen) atoms. The maximum absolute atomic E-state index is 5.01. The van der Waals surface area contributed by atoms with E-state index in [0.717, 1.165) is 150 Å². The zero-order valence-electron chi connectivity index (χ0n) is 60.3. The Morgan fingerprint density at radius 3 is 1.02 bits per heavy atom. The Morgan fingerprint density at radius 1 is 0.179 bits per heavy atom. The molecule has 0 aliphatic carbocycles. The van der Waals surface area contributed by atoms with Gasteiger partial charge in [0.2, 0.25) is 0 Å². The predicted octanol–water partition coefficient (Wildman–Crippen LogP) is 24.3. The summed E-state index contributed by atoms with van der Waals surface area (Å²) in [5, 5.41) is 7.08. The Bertz CT molecular complexity index is 7230. The second-order valence-corrected chi connectivity index (χ2v) is 27.8. The maximum atomic E-state index is 5.01. The zero-order valence-corrected chi connectivity index (χ0v) is 60.3. The van der Waals surface area contributed by atoms with Crippen molar-refractivity contribution in [3.05, 3.63) is 389 Å². The smallest absolute Gasteiger partial charge is 0.164 e.